The highest BCUT2D eigenvalue weighted by molar-refractivity contribution is 6.41. The fourth-order valence-corrected chi connectivity index (χ4v) is 3.58. The Morgan fingerprint density at radius 1 is 1.38 bits per heavy atom. The number of aromatic nitrogens is 1. The molecule has 0 saturated carbocycles. The van der Waals surface area contributed by atoms with E-state index in [1.807, 2.05) is 0 Å². The van der Waals surface area contributed by atoms with Crippen molar-refractivity contribution in [3.8, 4) is 0 Å². The Hall–Kier alpha value is -1.20. The van der Waals surface area contributed by atoms with Gasteiger partial charge < -0.3 is 14.8 Å². The molecule has 114 valence electrons. The molecule has 2 amide bonds. The second-order valence-corrected chi connectivity index (χ2v) is 6.53. The minimum Gasteiger partial charge on any atom is -0.351 e. The topological polar surface area (TPSA) is 54.3 Å². The van der Waals surface area contributed by atoms with Crippen molar-refractivity contribution < 1.29 is 9.59 Å². The molecule has 0 bridgehead atoms. The maximum absolute atomic E-state index is 12.6. The summed E-state index contributed by atoms with van der Waals surface area (Å²) in [5.74, 6) is 0.335. The molecule has 1 N–H and O–H groups in total. The minimum atomic E-state index is -0.0892. The zero-order chi connectivity index (χ0) is 15.1. The van der Waals surface area contributed by atoms with Crippen LogP contribution in [0, 0.1) is 5.92 Å². The Labute approximate surface area is 133 Å². The molecule has 0 radical (unpaired) electrons. The normalized spacial score (nSPS) is 25.5. The largest absolute Gasteiger partial charge is 0.351 e. The number of likely N-dealkylation sites (tertiary alicyclic amines) is 1. The van der Waals surface area contributed by atoms with Crippen molar-refractivity contribution in [3.63, 3.8) is 0 Å². The first-order chi connectivity index (χ1) is 9.97. The smallest absolute Gasteiger partial charge is 0.270 e. The molecular formula is C14H17Cl2N3O2. The van der Waals surface area contributed by atoms with Gasteiger partial charge in [0.15, 0.2) is 0 Å². The number of hydrogen-bond acceptors (Lipinski definition) is 2. The molecule has 0 aliphatic carbocycles. The lowest BCUT2D eigenvalue weighted by Gasteiger charge is -2.17. The van der Waals surface area contributed by atoms with Gasteiger partial charge in [-0.25, -0.2) is 0 Å². The average Bonchev–Trinajstić information content (AvgIpc) is 2.89. The van der Waals surface area contributed by atoms with Gasteiger partial charge in [0, 0.05) is 26.6 Å². The van der Waals surface area contributed by atoms with E-state index in [9.17, 15) is 9.59 Å². The third kappa shape index (κ3) is 2.64. The Bertz CT molecular complexity index is 599. The zero-order valence-electron chi connectivity index (χ0n) is 11.7. The van der Waals surface area contributed by atoms with Gasteiger partial charge in [0.25, 0.3) is 5.91 Å². The Morgan fingerprint density at radius 3 is 2.81 bits per heavy atom. The van der Waals surface area contributed by atoms with Crippen LogP contribution in [0.1, 0.15) is 29.8 Å². The van der Waals surface area contributed by atoms with Gasteiger partial charge in [-0.1, -0.05) is 23.2 Å². The maximum Gasteiger partial charge on any atom is 0.270 e. The van der Waals surface area contributed by atoms with Gasteiger partial charge in [0.05, 0.1) is 11.1 Å². The van der Waals surface area contributed by atoms with E-state index in [2.05, 4.69) is 5.32 Å². The average molecular weight is 330 g/mol. The van der Waals surface area contributed by atoms with Crippen LogP contribution in [-0.2, 0) is 11.8 Å². The van der Waals surface area contributed by atoms with Crippen LogP contribution in [0.15, 0.2) is 6.07 Å². The number of carbonyl (C=O) groups is 2. The summed E-state index contributed by atoms with van der Waals surface area (Å²) < 4.78 is 1.60. The van der Waals surface area contributed by atoms with E-state index >= 15 is 0 Å². The van der Waals surface area contributed by atoms with Crippen LogP contribution in [0.25, 0.3) is 0 Å². The van der Waals surface area contributed by atoms with Crippen molar-refractivity contribution in [2.24, 2.45) is 13.0 Å². The van der Waals surface area contributed by atoms with E-state index in [1.165, 1.54) is 0 Å². The highest BCUT2D eigenvalue weighted by Crippen LogP contribution is 2.29. The van der Waals surface area contributed by atoms with E-state index in [0.717, 1.165) is 12.8 Å². The fraction of sp³-hybridized carbons (Fsp3) is 0.571. The molecule has 2 unspecified atom stereocenters. The summed E-state index contributed by atoms with van der Waals surface area (Å²) in [5.41, 5.74) is 0.479. The number of halogens is 2. The third-order valence-corrected chi connectivity index (χ3v) is 5.23. The Morgan fingerprint density at radius 2 is 2.14 bits per heavy atom. The summed E-state index contributed by atoms with van der Waals surface area (Å²) in [6, 6.07) is 1.66. The first kappa shape index (κ1) is 14.7. The second-order valence-electron chi connectivity index (χ2n) is 5.76. The van der Waals surface area contributed by atoms with Gasteiger partial charge in [-0.05, 0) is 24.8 Å². The molecule has 1 aromatic heterocycles. The molecule has 2 aliphatic heterocycles. The van der Waals surface area contributed by atoms with Crippen LogP contribution >= 0.6 is 23.2 Å². The number of amides is 2. The number of nitrogens with one attached hydrogen (secondary N) is 1. The lowest BCUT2D eigenvalue weighted by molar-refractivity contribution is -0.121. The summed E-state index contributed by atoms with van der Waals surface area (Å²) in [5, 5.41) is 3.76. The predicted octanol–water partition coefficient (Wildman–Crippen LogP) is 2.07. The van der Waals surface area contributed by atoms with E-state index in [1.54, 1.807) is 22.6 Å². The molecule has 2 atom stereocenters. The number of hydrogen-bond donors (Lipinski definition) is 1. The van der Waals surface area contributed by atoms with Gasteiger partial charge in [-0.2, -0.15) is 0 Å². The van der Waals surface area contributed by atoms with Gasteiger partial charge in [-0.15, -0.1) is 0 Å². The predicted molar refractivity (Wildman–Crippen MR) is 80.6 cm³/mol. The molecule has 21 heavy (non-hydrogen) atoms. The Kier molecular flexibility index (Phi) is 3.88. The molecule has 0 spiro atoms. The maximum atomic E-state index is 12.6. The molecule has 0 aromatic carbocycles. The van der Waals surface area contributed by atoms with Gasteiger partial charge in [-0.3, -0.25) is 9.59 Å². The minimum absolute atomic E-state index is 0.0650. The van der Waals surface area contributed by atoms with Crippen molar-refractivity contribution in [2.45, 2.75) is 25.3 Å². The number of carbonyl (C=O) groups excluding carboxylic acids is 2. The van der Waals surface area contributed by atoms with E-state index in [4.69, 9.17) is 23.2 Å². The van der Waals surface area contributed by atoms with E-state index in [0.29, 0.717) is 41.3 Å². The summed E-state index contributed by atoms with van der Waals surface area (Å²) in [4.78, 5) is 26.0. The van der Waals surface area contributed by atoms with Crippen LogP contribution in [0.4, 0.5) is 0 Å². The Balaban J connectivity index is 1.78. The molecule has 7 heteroatoms. The zero-order valence-corrected chi connectivity index (χ0v) is 13.2. The fourth-order valence-electron chi connectivity index (χ4n) is 3.21. The number of nitrogens with zero attached hydrogens (tertiary/aromatic N) is 2. The van der Waals surface area contributed by atoms with Crippen molar-refractivity contribution >= 4 is 35.0 Å². The van der Waals surface area contributed by atoms with Crippen LogP contribution in [0.5, 0.6) is 0 Å². The van der Waals surface area contributed by atoms with Gasteiger partial charge in [0.2, 0.25) is 5.91 Å². The third-order valence-electron chi connectivity index (χ3n) is 4.39. The molecule has 2 fully saturated rings. The van der Waals surface area contributed by atoms with Crippen molar-refractivity contribution in [3.05, 3.63) is 21.9 Å². The summed E-state index contributed by atoms with van der Waals surface area (Å²) in [6.45, 7) is 1.22. The molecule has 2 saturated heterocycles. The van der Waals surface area contributed by atoms with Crippen molar-refractivity contribution in [1.29, 1.82) is 0 Å². The lowest BCUT2D eigenvalue weighted by Crippen LogP contribution is -2.39. The highest BCUT2D eigenvalue weighted by Gasteiger charge is 2.38. The van der Waals surface area contributed by atoms with Gasteiger partial charge in [0.1, 0.15) is 10.8 Å². The summed E-state index contributed by atoms with van der Waals surface area (Å²) >= 11 is 12.0. The molecule has 1 aromatic rings. The molecule has 3 rings (SSSR count). The number of rotatable bonds is 1. The van der Waals surface area contributed by atoms with Gasteiger partial charge >= 0.3 is 0 Å². The molecule has 3 heterocycles. The highest BCUT2D eigenvalue weighted by atomic mass is 35.5. The lowest BCUT2D eigenvalue weighted by atomic mass is 9.99. The van der Waals surface area contributed by atoms with Crippen LogP contribution in [0.2, 0.25) is 10.2 Å². The van der Waals surface area contributed by atoms with E-state index in [-0.39, 0.29) is 17.9 Å². The quantitative estimate of drug-likeness (QED) is 0.857. The first-order valence-electron chi connectivity index (χ1n) is 7.06. The van der Waals surface area contributed by atoms with Crippen LogP contribution in [0.3, 0.4) is 0 Å². The molecule has 5 nitrogen and oxygen atoms in total. The summed E-state index contributed by atoms with van der Waals surface area (Å²) in [7, 11) is 1.72. The number of fused-ring (bicyclic) bond motifs is 1. The van der Waals surface area contributed by atoms with Crippen LogP contribution in [-0.4, -0.2) is 40.4 Å². The SMILES string of the molecule is Cn1c(C(=O)N2CC3CCCC(=O)NC3C2)cc(Cl)c1Cl. The van der Waals surface area contributed by atoms with Crippen LogP contribution < -0.4 is 5.32 Å². The van der Waals surface area contributed by atoms with E-state index < -0.39 is 0 Å². The monoisotopic (exact) mass is 329 g/mol. The van der Waals surface area contributed by atoms with Crippen molar-refractivity contribution in [1.82, 2.24) is 14.8 Å². The second kappa shape index (κ2) is 5.54. The molecule has 2 aliphatic rings. The molecular weight excluding hydrogens is 313 g/mol. The first-order valence-corrected chi connectivity index (χ1v) is 7.82. The summed E-state index contributed by atoms with van der Waals surface area (Å²) in [6.07, 6.45) is 2.45. The van der Waals surface area contributed by atoms with Crippen molar-refractivity contribution in [2.75, 3.05) is 13.1 Å². The standard InChI is InChI=1S/C14H17Cl2N3O2/c1-18-11(5-9(15)13(18)16)14(21)19-6-8-3-2-4-12(20)17-10(8)7-19/h5,8,10H,2-4,6-7H2,1H3,(H,17,20).